The molecule has 0 radical (unpaired) electrons. The maximum Gasteiger partial charge on any atom is 0.149 e. The number of hydrogen-bond donors (Lipinski definition) is 2. The van der Waals surface area contributed by atoms with E-state index in [2.05, 4.69) is 21.2 Å². The van der Waals surface area contributed by atoms with Crippen LogP contribution in [0.25, 0.3) is 0 Å². The Morgan fingerprint density at radius 3 is 2.88 bits per heavy atom. The molecule has 0 amide bonds. The minimum Gasteiger partial charge on any atom is -0.465 e. The van der Waals surface area contributed by atoms with E-state index >= 15 is 0 Å². The minimum absolute atomic E-state index is 0.570. The SMILES string of the molecule is COCCNCCC(C)(O)c1occc1Br. The van der Waals surface area contributed by atoms with Crippen molar-refractivity contribution >= 4 is 15.9 Å². The lowest BCUT2D eigenvalue weighted by atomic mass is 9.99. The van der Waals surface area contributed by atoms with Crippen molar-refractivity contribution in [2.75, 3.05) is 26.8 Å². The van der Waals surface area contributed by atoms with Gasteiger partial charge in [-0.05, 0) is 41.9 Å². The van der Waals surface area contributed by atoms with Gasteiger partial charge in [-0.2, -0.15) is 0 Å². The molecule has 0 aliphatic rings. The zero-order chi connectivity index (χ0) is 12.0. The highest BCUT2D eigenvalue weighted by Gasteiger charge is 2.28. The molecule has 1 unspecified atom stereocenters. The van der Waals surface area contributed by atoms with E-state index < -0.39 is 5.60 Å². The highest BCUT2D eigenvalue weighted by Crippen LogP contribution is 2.31. The highest BCUT2D eigenvalue weighted by molar-refractivity contribution is 9.10. The van der Waals surface area contributed by atoms with Gasteiger partial charge in [0.1, 0.15) is 11.4 Å². The van der Waals surface area contributed by atoms with Crippen molar-refractivity contribution in [2.45, 2.75) is 18.9 Å². The predicted octanol–water partition coefficient (Wildman–Crippen LogP) is 1.88. The molecule has 0 saturated carbocycles. The second kappa shape index (κ2) is 6.39. The molecule has 0 bridgehead atoms. The van der Waals surface area contributed by atoms with Gasteiger partial charge in [-0.15, -0.1) is 0 Å². The van der Waals surface area contributed by atoms with Gasteiger partial charge in [0.2, 0.25) is 0 Å². The van der Waals surface area contributed by atoms with Crippen LogP contribution in [0, 0.1) is 0 Å². The van der Waals surface area contributed by atoms with E-state index in [9.17, 15) is 5.11 Å². The molecule has 1 aromatic heterocycles. The van der Waals surface area contributed by atoms with Gasteiger partial charge in [-0.3, -0.25) is 0 Å². The molecule has 0 aliphatic carbocycles. The number of furan rings is 1. The lowest BCUT2D eigenvalue weighted by molar-refractivity contribution is 0.0244. The van der Waals surface area contributed by atoms with E-state index in [1.165, 1.54) is 0 Å². The Labute approximate surface area is 104 Å². The topological polar surface area (TPSA) is 54.6 Å². The minimum atomic E-state index is -0.956. The average Bonchev–Trinajstić information content (AvgIpc) is 2.65. The zero-order valence-corrected chi connectivity index (χ0v) is 11.2. The summed E-state index contributed by atoms with van der Waals surface area (Å²) in [6.07, 6.45) is 2.15. The Morgan fingerprint density at radius 2 is 2.31 bits per heavy atom. The van der Waals surface area contributed by atoms with E-state index in [0.717, 1.165) is 11.0 Å². The summed E-state index contributed by atoms with van der Waals surface area (Å²) in [6.45, 7) is 3.91. The molecule has 0 fully saturated rings. The molecule has 1 heterocycles. The lowest BCUT2D eigenvalue weighted by Gasteiger charge is -2.21. The molecule has 2 N–H and O–H groups in total. The van der Waals surface area contributed by atoms with Gasteiger partial charge in [-0.1, -0.05) is 0 Å². The van der Waals surface area contributed by atoms with Crippen LogP contribution in [0.2, 0.25) is 0 Å². The molecule has 0 saturated heterocycles. The van der Waals surface area contributed by atoms with Gasteiger partial charge >= 0.3 is 0 Å². The van der Waals surface area contributed by atoms with Crippen molar-refractivity contribution < 1.29 is 14.3 Å². The lowest BCUT2D eigenvalue weighted by Crippen LogP contribution is -2.29. The summed E-state index contributed by atoms with van der Waals surface area (Å²) in [6, 6.07) is 1.78. The fourth-order valence-corrected chi connectivity index (χ4v) is 2.05. The molecular formula is C11H18BrNO3. The maximum absolute atomic E-state index is 10.2. The van der Waals surface area contributed by atoms with Crippen LogP contribution >= 0.6 is 15.9 Å². The summed E-state index contributed by atoms with van der Waals surface area (Å²) in [5.41, 5.74) is -0.956. The third kappa shape index (κ3) is 3.90. The number of nitrogens with one attached hydrogen (secondary N) is 1. The second-order valence-corrected chi connectivity index (χ2v) is 4.72. The molecule has 1 aromatic rings. The fourth-order valence-electron chi connectivity index (χ4n) is 1.42. The van der Waals surface area contributed by atoms with Crippen LogP contribution in [-0.4, -0.2) is 31.9 Å². The normalized spacial score (nSPS) is 15.0. The van der Waals surface area contributed by atoms with Crippen molar-refractivity contribution in [2.24, 2.45) is 0 Å². The van der Waals surface area contributed by atoms with E-state index in [4.69, 9.17) is 9.15 Å². The van der Waals surface area contributed by atoms with Crippen LogP contribution < -0.4 is 5.32 Å². The standard InChI is InChI=1S/C11H18BrNO3/c1-11(14,4-5-13-6-8-15-2)10-9(12)3-7-16-10/h3,7,13-14H,4-6,8H2,1-2H3. The van der Waals surface area contributed by atoms with Crippen molar-refractivity contribution in [1.82, 2.24) is 5.32 Å². The molecule has 0 spiro atoms. The van der Waals surface area contributed by atoms with Crippen LogP contribution in [0.4, 0.5) is 0 Å². The molecule has 5 heteroatoms. The first-order valence-corrected chi connectivity index (χ1v) is 6.03. The Balaban J connectivity index is 2.37. The zero-order valence-electron chi connectivity index (χ0n) is 9.62. The van der Waals surface area contributed by atoms with Crippen molar-refractivity contribution in [3.05, 3.63) is 22.6 Å². The molecule has 4 nitrogen and oxygen atoms in total. The monoisotopic (exact) mass is 291 g/mol. The second-order valence-electron chi connectivity index (χ2n) is 3.86. The summed E-state index contributed by atoms with van der Waals surface area (Å²) in [5, 5.41) is 13.4. The summed E-state index contributed by atoms with van der Waals surface area (Å²) >= 11 is 3.34. The number of rotatable bonds is 7. The van der Waals surface area contributed by atoms with Crippen molar-refractivity contribution in [3.8, 4) is 0 Å². The Bertz CT molecular complexity index is 312. The first-order valence-electron chi connectivity index (χ1n) is 5.23. The van der Waals surface area contributed by atoms with E-state index in [1.807, 2.05) is 0 Å². The van der Waals surface area contributed by atoms with Gasteiger partial charge < -0.3 is 19.6 Å². The van der Waals surface area contributed by atoms with E-state index in [-0.39, 0.29) is 0 Å². The number of methoxy groups -OCH3 is 1. The molecule has 16 heavy (non-hydrogen) atoms. The average molecular weight is 292 g/mol. The quantitative estimate of drug-likeness (QED) is 0.753. The number of halogens is 1. The number of aliphatic hydroxyl groups is 1. The molecule has 1 atom stereocenters. The van der Waals surface area contributed by atoms with Gasteiger partial charge in [0.15, 0.2) is 0 Å². The Kier molecular flexibility index (Phi) is 5.48. The third-order valence-electron chi connectivity index (χ3n) is 2.38. The van der Waals surface area contributed by atoms with E-state index in [0.29, 0.717) is 25.3 Å². The first-order chi connectivity index (χ1) is 7.58. The van der Waals surface area contributed by atoms with Crippen LogP contribution in [0.15, 0.2) is 21.2 Å². The maximum atomic E-state index is 10.2. The summed E-state index contributed by atoms with van der Waals surface area (Å²) in [5.74, 6) is 0.570. The van der Waals surface area contributed by atoms with Crippen LogP contribution in [0.3, 0.4) is 0 Å². The predicted molar refractivity (Wildman–Crippen MR) is 65.3 cm³/mol. The van der Waals surface area contributed by atoms with E-state index in [1.54, 1.807) is 26.4 Å². The summed E-state index contributed by atoms with van der Waals surface area (Å²) in [4.78, 5) is 0. The molecule has 92 valence electrons. The molecule has 0 aromatic carbocycles. The fraction of sp³-hybridized carbons (Fsp3) is 0.636. The molecular weight excluding hydrogens is 274 g/mol. The summed E-state index contributed by atoms with van der Waals surface area (Å²) in [7, 11) is 1.66. The molecule has 1 rings (SSSR count). The van der Waals surface area contributed by atoms with Gasteiger partial charge in [0.25, 0.3) is 0 Å². The Morgan fingerprint density at radius 1 is 1.56 bits per heavy atom. The Hall–Kier alpha value is -0.360. The van der Waals surface area contributed by atoms with Crippen LogP contribution in [-0.2, 0) is 10.3 Å². The van der Waals surface area contributed by atoms with Gasteiger partial charge in [0.05, 0.1) is 17.3 Å². The number of ether oxygens (including phenoxy) is 1. The van der Waals surface area contributed by atoms with Gasteiger partial charge in [0, 0.05) is 13.7 Å². The highest BCUT2D eigenvalue weighted by atomic mass is 79.9. The number of hydrogen-bond acceptors (Lipinski definition) is 4. The smallest absolute Gasteiger partial charge is 0.149 e. The van der Waals surface area contributed by atoms with Crippen LogP contribution in [0.1, 0.15) is 19.1 Å². The van der Waals surface area contributed by atoms with Crippen molar-refractivity contribution in [3.63, 3.8) is 0 Å². The third-order valence-corrected chi connectivity index (χ3v) is 3.00. The largest absolute Gasteiger partial charge is 0.465 e. The van der Waals surface area contributed by atoms with Crippen LogP contribution in [0.5, 0.6) is 0 Å². The first kappa shape index (κ1) is 13.7. The van der Waals surface area contributed by atoms with Gasteiger partial charge in [-0.25, -0.2) is 0 Å². The summed E-state index contributed by atoms with van der Waals surface area (Å²) < 4.78 is 11.0. The van der Waals surface area contributed by atoms with Crippen molar-refractivity contribution in [1.29, 1.82) is 0 Å². The molecule has 0 aliphatic heterocycles.